The fourth-order valence-corrected chi connectivity index (χ4v) is 4.08. The zero-order chi connectivity index (χ0) is 24.2. The maximum atomic E-state index is 12.6. The van der Waals surface area contributed by atoms with E-state index >= 15 is 0 Å². The van der Waals surface area contributed by atoms with Crippen LogP contribution in [0.2, 0.25) is 0 Å². The molecule has 0 radical (unpaired) electrons. The van der Waals surface area contributed by atoms with E-state index in [4.69, 9.17) is 10.5 Å². The van der Waals surface area contributed by atoms with E-state index in [0.717, 1.165) is 9.13 Å². The Bertz CT molecular complexity index is 1230. The number of benzene rings is 1. The van der Waals surface area contributed by atoms with Crippen molar-refractivity contribution in [3.05, 3.63) is 56.7 Å². The Kier molecular flexibility index (Phi) is 7.75. The number of ketones is 1. The molecule has 0 aliphatic rings. The Morgan fingerprint density at radius 1 is 1.12 bits per heavy atom. The molecule has 11 nitrogen and oxygen atoms in total. The maximum Gasteiger partial charge on any atom is 0.332 e. The molecule has 0 aliphatic carbocycles. The van der Waals surface area contributed by atoms with Crippen molar-refractivity contribution in [2.75, 3.05) is 12.3 Å². The first-order chi connectivity index (χ1) is 14.9. The molecule has 2 aromatic rings. The van der Waals surface area contributed by atoms with Crippen LogP contribution in [0.25, 0.3) is 0 Å². The number of carbonyl (C=O) groups excluding carboxylic acids is 2. The van der Waals surface area contributed by atoms with Gasteiger partial charge in [0.1, 0.15) is 17.4 Å². The summed E-state index contributed by atoms with van der Waals surface area (Å²) < 4.78 is 33.5. The highest BCUT2D eigenvalue weighted by Crippen LogP contribution is 2.10. The number of nitrogens with zero attached hydrogens (tertiary/aromatic N) is 2. The van der Waals surface area contributed by atoms with Crippen molar-refractivity contribution in [1.29, 1.82) is 0 Å². The molecule has 2 rings (SSSR count). The molecular weight excluding hydrogens is 440 g/mol. The summed E-state index contributed by atoms with van der Waals surface area (Å²) in [6.45, 7) is 4.24. The van der Waals surface area contributed by atoms with E-state index < -0.39 is 51.2 Å². The lowest BCUT2D eigenvalue weighted by molar-refractivity contribution is -0.144. The van der Waals surface area contributed by atoms with Crippen LogP contribution in [0.3, 0.4) is 0 Å². The number of hydrogen-bond donors (Lipinski definition) is 2. The third-order valence-corrected chi connectivity index (χ3v) is 6.05. The van der Waals surface area contributed by atoms with E-state index in [-0.39, 0.29) is 23.2 Å². The number of hydrogen-bond acceptors (Lipinski definition) is 8. The van der Waals surface area contributed by atoms with E-state index in [2.05, 4.69) is 4.72 Å². The van der Waals surface area contributed by atoms with E-state index in [0.29, 0.717) is 0 Å². The first-order valence-corrected chi connectivity index (χ1v) is 11.2. The molecule has 0 saturated heterocycles. The van der Waals surface area contributed by atoms with Crippen molar-refractivity contribution < 1.29 is 22.7 Å². The summed E-state index contributed by atoms with van der Waals surface area (Å²) in [6.07, 6.45) is 0. The summed E-state index contributed by atoms with van der Waals surface area (Å²) >= 11 is 0. The molecular formula is C20H26N4O7S. The van der Waals surface area contributed by atoms with Crippen LogP contribution in [-0.2, 0) is 33.1 Å². The minimum absolute atomic E-state index is 0.00627. The van der Waals surface area contributed by atoms with Gasteiger partial charge in [0, 0.05) is 13.6 Å². The van der Waals surface area contributed by atoms with Crippen molar-refractivity contribution in [2.45, 2.75) is 38.3 Å². The van der Waals surface area contributed by atoms with Crippen LogP contribution in [0.15, 0.2) is 44.8 Å². The molecule has 1 aromatic heterocycles. The van der Waals surface area contributed by atoms with Gasteiger partial charge in [-0.2, -0.15) is 4.72 Å². The number of nitrogen functional groups attached to an aromatic ring is 1. The summed E-state index contributed by atoms with van der Waals surface area (Å²) in [4.78, 5) is 49.5. The van der Waals surface area contributed by atoms with Crippen LogP contribution < -0.4 is 21.7 Å². The van der Waals surface area contributed by atoms with Crippen molar-refractivity contribution in [1.82, 2.24) is 13.9 Å². The van der Waals surface area contributed by atoms with E-state index in [1.165, 1.54) is 38.2 Å². The van der Waals surface area contributed by atoms with Crippen LogP contribution in [0.5, 0.6) is 0 Å². The van der Waals surface area contributed by atoms with Gasteiger partial charge in [0.2, 0.25) is 15.8 Å². The van der Waals surface area contributed by atoms with Crippen molar-refractivity contribution in [3.8, 4) is 0 Å². The van der Waals surface area contributed by atoms with Crippen molar-refractivity contribution in [3.63, 3.8) is 0 Å². The lowest BCUT2D eigenvalue weighted by atomic mass is 10.1. The Balaban J connectivity index is 2.17. The molecule has 0 saturated carbocycles. The molecule has 1 unspecified atom stereocenters. The highest BCUT2D eigenvalue weighted by molar-refractivity contribution is 7.89. The van der Waals surface area contributed by atoms with Crippen molar-refractivity contribution >= 4 is 27.6 Å². The number of nitrogens with two attached hydrogens (primary N) is 1. The normalized spacial score (nSPS) is 12.5. The topological polar surface area (TPSA) is 160 Å². The first-order valence-electron chi connectivity index (χ1n) is 9.73. The predicted molar refractivity (Wildman–Crippen MR) is 117 cm³/mol. The third kappa shape index (κ3) is 5.51. The number of sulfonamides is 1. The first kappa shape index (κ1) is 25.0. The van der Waals surface area contributed by atoms with Crippen LogP contribution in [0.4, 0.5) is 5.82 Å². The average Bonchev–Trinajstić information content (AvgIpc) is 2.73. The monoisotopic (exact) mass is 466 g/mol. The molecule has 0 fully saturated rings. The number of anilines is 1. The van der Waals surface area contributed by atoms with Gasteiger partial charge >= 0.3 is 11.7 Å². The molecule has 174 valence electrons. The zero-order valence-electron chi connectivity index (χ0n) is 18.2. The number of carbonyl (C=O) groups is 2. The number of esters is 1. The fourth-order valence-electron chi connectivity index (χ4n) is 2.87. The summed E-state index contributed by atoms with van der Waals surface area (Å²) in [7, 11) is -2.77. The highest BCUT2D eigenvalue weighted by Gasteiger charge is 2.26. The van der Waals surface area contributed by atoms with E-state index in [9.17, 15) is 27.6 Å². The predicted octanol–water partition coefficient (Wildman–Crippen LogP) is -0.122. The summed E-state index contributed by atoms with van der Waals surface area (Å²) in [5.74, 6) is -2.24. The lowest BCUT2D eigenvalue weighted by Gasteiger charge is -2.16. The summed E-state index contributed by atoms with van der Waals surface area (Å²) in [5.41, 5.74) is 3.86. The Morgan fingerprint density at radius 3 is 2.28 bits per heavy atom. The highest BCUT2D eigenvalue weighted by atomic mass is 32.2. The summed E-state index contributed by atoms with van der Waals surface area (Å²) in [6, 6.07) is 6.11. The van der Waals surface area contributed by atoms with Gasteiger partial charge in [0.05, 0.1) is 4.90 Å². The van der Waals surface area contributed by atoms with Crippen LogP contribution in [0, 0.1) is 5.92 Å². The minimum Gasteiger partial charge on any atom is -0.456 e. The van der Waals surface area contributed by atoms with E-state index in [1.54, 1.807) is 6.07 Å². The minimum atomic E-state index is -3.98. The number of rotatable bonds is 9. The molecule has 0 spiro atoms. The van der Waals surface area contributed by atoms with Gasteiger partial charge in [-0.15, -0.1) is 0 Å². The number of Topliss-reactive ketones (excluding diaryl/α,β-unsaturated/α-hetero) is 1. The second kappa shape index (κ2) is 9.92. The second-order valence-electron chi connectivity index (χ2n) is 7.60. The van der Waals surface area contributed by atoms with Gasteiger partial charge in [-0.25, -0.2) is 13.2 Å². The molecule has 1 heterocycles. The number of aromatic nitrogens is 2. The van der Waals surface area contributed by atoms with Crippen molar-refractivity contribution in [2.24, 2.45) is 13.0 Å². The fraction of sp³-hybridized carbons (Fsp3) is 0.400. The molecule has 0 amide bonds. The molecule has 3 N–H and O–H groups in total. The molecule has 32 heavy (non-hydrogen) atoms. The Labute approximate surface area is 184 Å². The van der Waals surface area contributed by atoms with E-state index in [1.807, 2.05) is 13.8 Å². The van der Waals surface area contributed by atoms with Gasteiger partial charge < -0.3 is 10.5 Å². The third-order valence-electron chi connectivity index (χ3n) is 4.49. The standard InChI is InChI=1S/C20H26N4O7S/c1-12(2)10-24-17(21)16(18(26)23(4)20(24)28)15(25)11-31-19(27)13(3)22-32(29,30)14-8-6-5-7-9-14/h5-9,12-13,22H,10-11,21H2,1-4H3. The molecule has 1 aromatic carbocycles. The van der Waals surface area contributed by atoms with Gasteiger partial charge in [0.15, 0.2) is 6.61 Å². The zero-order valence-corrected chi connectivity index (χ0v) is 19.0. The van der Waals surface area contributed by atoms with Crippen LogP contribution in [-0.4, -0.2) is 42.0 Å². The molecule has 1 atom stereocenters. The Hall–Kier alpha value is -3.25. The molecule has 12 heteroatoms. The maximum absolute atomic E-state index is 12.6. The van der Waals surface area contributed by atoms with Crippen LogP contribution >= 0.6 is 0 Å². The molecule has 0 bridgehead atoms. The Morgan fingerprint density at radius 2 is 1.72 bits per heavy atom. The quantitative estimate of drug-likeness (QED) is 0.382. The lowest BCUT2D eigenvalue weighted by Crippen LogP contribution is -2.44. The average molecular weight is 467 g/mol. The number of nitrogens with one attached hydrogen (secondary N) is 1. The van der Waals surface area contributed by atoms with Gasteiger partial charge in [-0.05, 0) is 25.0 Å². The smallest absolute Gasteiger partial charge is 0.332 e. The largest absolute Gasteiger partial charge is 0.456 e. The van der Waals surface area contributed by atoms with Gasteiger partial charge in [0.25, 0.3) is 5.56 Å². The van der Waals surface area contributed by atoms with Gasteiger partial charge in [-0.3, -0.25) is 23.5 Å². The SMILES string of the molecule is CC(C)Cn1c(N)c(C(=O)COC(=O)C(C)NS(=O)(=O)c2ccccc2)c(=O)n(C)c1=O. The second-order valence-corrected chi connectivity index (χ2v) is 9.31. The van der Waals surface area contributed by atoms with Gasteiger partial charge in [-0.1, -0.05) is 32.0 Å². The number of ether oxygens (including phenoxy) is 1. The van der Waals surface area contributed by atoms with Crippen LogP contribution in [0.1, 0.15) is 31.1 Å². The molecule has 0 aliphatic heterocycles. The summed E-state index contributed by atoms with van der Waals surface area (Å²) in [5, 5.41) is 0.